The molecule has 5 heteroatoms. The highest BCUT2D eigenvalue weighted by molar-refractivity contribution is 8.01. The van der Waals surface area contributed by atoms with E-state index in [1.807, 2.05) is 13.8 Å². The standard InChI is InChI=1S/C18H24N2O2S/c1-12-4-6-13(7-5-12)10-18(8-9-18)20-15(21)14-11-23-17(2,3)16(22)19-14/h4-7,14H,8-11H2,1-3H3,(H,19,22)(H,20,21)/t14-/m1/s1. The van der Waals surface area contributed by atoms with Gasteiger partial charge in [-0.15, -0.1) is 11.8 Å². The van der Waals surface area contributed by atoms with E-state index in [-0.39, 0.29) is 17.4 Å². The molecule has 0 bridgehead atoms. The minimum atomic E-state index is -0.448. The lowest BCUT2D eigenvalue weighted by molar-refractivity contribution is -0.130. The van der Waals surface area contributed by atoms with Gasteiger partial charge in [-0.3, -0.25) is 9.59 Å². The Bertz CT molecular complexity index is 620. The first kappa shape index (κ1) is 16.4. The summed E-state index contributed by atoms with van der Waals surface area (Å²) in [7, 11) is 0. The number of hydrogen-bond acceptors (Lipinski definition) is 3. The number of aryl methyl sites for hydroxylation is 1. The van der Waals surface area contributed by atoms with Gasteiger partial charge in [0, 0.05) is 11.3 Å². The van der Waals surface area contributed by atoms with E-state index >= 15 is 0 Å². The van der Waals surface area contributed by atoms with Crippen molar-refractivity contribution in [3.63, 3.8) is 0 Å². The zero-order valence-electron chi connectivity index (χ0n) is 13.9. The SMILES string of the molecule is Cc1ccc(CC2(NC(=O)[C@H]3CSC(C)(C)C(=O)N3)CC2)cc1. The highest BCUT2D eigenvalue weighted by atomic mass is 32.2. The number of amides is 2. The molecule has 0 aromatic heterocycles. The molecule has 23 heavy (non-hydrogen) atoms. The number of carbonyl (C=O) groups is 2. The van der Waals surface area contributed by atoms with Crippen molar-refractivity contribution in [2.24, 2.45) is 0 Å². The lowest BCUT2D eigenvalue weighted by Gasteiger charge is -2.33. The highest BCUT2D eigenvalue weighted by Gasteiger charge is 2.46. The molecule has 1 heterocycles. The second-order valence-corrected chi connectivity index (χ2v) is 8.92. The molecule has 3 rings (SSSR count). The molecule has 0 spiro atoms. The van der Waals surface area contributed by atoms with E-state index in [2.05, 4.69) is 41.8 Å². The first-order valence-electron chi connectivity index (χ1n) is 8.12. The van der Waals surface area contributed by atoms with Crippen LogP contribution in [0.2, 0.25) is 0 Å². The normalized spacial score (nSPS) is 24.7. The minimum absolute atomic E-state index is 0.0500. The molecule has 4 nitrogen and oxygen atoms in total. The summed E-state index contributed by atoms with van der Waals surface area (Å²) in [5.41, 5.74) is 2.37. The molecule has 2 fully saturated rings. The van der Waals surface area contributed by atoms with E-state index in [0.29, 0.717) is 5.75 Å². The van der Waals surface area contributed by atoms with Crippen molar-refractivity contribution in [2.75, 3.05) is 5.75 Å². The number of nitrogens with one attached hydrogen (secondary N) is 2. The predicted molar refractivity (Wildman–Crippen MR) is 93.5 cm³/mol. The van der Waals surface area contributed by atoms with Crippen LogP contribution >= 0.6 is 11.8 Å². The molecule has 1 atom stereocenters. The summed E-state index contributed by atoms with van der Waals surface area (Å²) in [6.07, 6.45) is 2.87. The van der Waals surface area contributed by atoms with Crippen LogP contribution in [0.1, 0.15) is 37.8 Å². The van der Waals surface area contributed by atoms with Gasteiger partial charge in [-0.25, -0.2) is 0 Å². The molecule has 0 unspecified atom stereocenters. The fraction of sp³-hybridized carbons (Fsp3) is 0.556. The summed E-state index contributed by atoms with van der Waals surface area (Å²) in [4.78, 5) is 24.5. The van der Waals surface area contributed by atoms with Crippen LogP contribution in [0.25, 0.3) is 0 Å². The van der Waals surface area contributed by atoms with E-state index in [9.17, 15) is 9.59 Å². The van der Waals surface area contributed by atoms with Crippen molar-refractivity contribution in [2.45, 2.75) is 56.4 Å². The third-order valence-corrected chi connectivity index (χ3v) is 6.09. The van der Waals surface area contributed by atoms with Gasteiger partial charge < -0.3 is 10.6 Å². The monoisotopic (exact) mass is 332 g/mol. The molecule has 1 aromatic rings. The maximum absolute atomic E-state index is 12.5. The Balaban J connectivity index is 1.59. The van der Waals surface area contributed by atoms with Crippen LogP contribution in [0, 0.1) is 6.92 Å². The summed E-state index contributed by atoms with van der Waals surface area (Å²) >= 11 is 1.54. The van der Waals surface area contributed by atoms with Crippen LogP contribution in [0.3, 0.4) is 0 Å². The Labute approximate surface area is 141 Å². The largest absolute Gasteiger partial charge is 0.349 e. The average Bonchev–Trinajstić information content (AvgIpc) is 3.23. The van der Waals surface area contributed by atoms with Crippen molar-refractivity contribution >= 4 is 23.6 Å². The van der Waals surface area contributed by atoms with Gasteiger partial charge in [0.05, 0.1) is 4.75 Å². The fourth-order valence-corrected chi connectivity index (χ4v) is 3.82. The van der Waals surface area contributed by atoms with Crippen LogP contribution in [0.15, 0.2) is 24.3 Å². The van der Waals surface area contributed by atoms with E-state index < -0.39 is 10.8 Å². The van der Waals surface area contributed by atoms with Gasteiger partial charge in [0.15, 0.2) is 0 Å². The second-order valence-electron chi connectivity index (χ2n) is 7.28. The molecule has 0 radical (unpaired) electrons. The Morgan fingerprint density at radius 3 is 2.52 bits per heavy atom. The molecular weight excluding hydrogens is 308 g/mol. The van der Waals surface area contributed by atoms with Gasteiger partial charge in [-0.2, -0.15) is 0 Å². The summed E-state index contributed by atoms with van der Waals surface area (Å²) in [5.74, 6) is 0.522. The first-order valence-corrected chi connectivity index (χ1v) is 9.11. The molecule has 2 aliphatic rings. The lowest BCUT2D eigenvalue weighted by atomic mass is 10.0. The van der Waals surface area contributed by atoms with Gasteiger partial charge >= 0.3 is 0 Å². The lowest BCUT2D eigenvalue weighted by Crippen LogP contribution is -2.58. The number of benzene rings is 1. The molecule has 2 amide bonds. The quantitative estimate of drug-likeness (QED) is 0.889. The fourth-order valence-electron chi connectivity index (χ4n) is 2.81. The third kappa shape index (κ3) is 3.71. The topological polar surface area (TPSA) is 58.2 Å². The maximum atomic E-state index is 12.5. The van der Waals surface area contributed by atoms with Crippen molar-refractivity contribution in [3.05, 3.63) is 35.4 Å². The van der Waals surface area contributed by atoms with E-state index in [4.69, 9.17) is 0 Å². The smallest absolute Gasteiger partial charge is 0.243 e. The zero-order valence-corrected chi connectivity index (χ0v) is 14.8. The number of hydrogen-bond donors (Lipinski definition) is 2. The Kier molecular flexibility index (Phi) is 4.17. The Morgan fingerprint density at radius 2 is 1.96 bits per heavy atom. The molecule has 2 N–H and O–H groups in total. The van der Waals surface area contributed by atoms with Crippen LogP contribution < -0.4 is 10.6 Å². The summed E-state index contributed by atoms with van der Waals surface area (Å²) in [6.45, 7) is 5.85. The molecule has 124 valence electrons. The number of carbonyl (C=O) groups excluding carboxylic acids is 2. The zero-order chi connectivity index (χ0) is 16.7. The molecule has 1 saturated heterocycles. The summed E-state index contributed by atoms with van der Waals surface area (Å²) in [5, 5.41) is 6.04. The van der Waals surface area contributed by atoms with Crippen LogP contribution in [-0.4, -0.2) is 33.9 Å². The minimum Gasteiger partial charge on any atom is -0.349 e. The van der Waals surface area contributed by atoms with Gasteiger partial charge in [-0.05, 0) is 45.6 Å². The predicted octanol–water partition coefficient (Wildman–Crippen LogP) is 2.20. The van der Waals surface area contributed by atoms with Crippen molar-refractivity contribution in [3.8, 4) is 0 Å². The Hall–Kier alpha value is -1.49. The molecule has 1 aliphatic heterocycles. The van der Waals surface area contributed by atoms with E-state index in [1.54, 1.807) is 11.8 Å². The number of rotatable bonds is 4. The van der Waals surface area contributed by atoms with Gasteiger partial charge in [0.2, 0.25) is 11.8 Å². The van der Waals surface area contributed by atoms with Crippen molar-refractivity contribution in [1.29, 1.82) is 0 Å². The average molecular weight is 332 g/mol. The summed E-state index contributed by atoms with van der Waals surface area (Å²) in [6, 6.07) is 8.04. The molecule has 1 saturated carbocycles. The first-order chi connectivity index (χ1) is 10.8. The van der Waals surface area contributed by atoms with Crippen molar-refractivity contribution in [1.82, 2.24) is 10.6 Å². The van der Waals surface area contributed by atoms with Crippen LogP contribution in [0.5, 0.6) is 0 Å². The van der Waals surface area contributed by atoms with Crippen LogP contribution in [0.4, 0.5) is 0 Å². The van der Waals surface area contributed by atoms with Gasteiger partial charge in [0.1, 0.15) is 6.04 Å². The van der Waals surface area contributed by atoms with Crippen molar-refractivity contribution < 1.29 is 9.59 Å². The second kappa shape index (κ2) is 5.86. The molecule has 1 aliphatic carbocycles. The maximum Gasteiger partial charge on any atom is 0.243 e. The van der Waals surface area contributed by atoms with Gasteiger partial charge in [-0.1, -0.05) is 29.8 Å². The third-order valence-electron chi connectivity index (χ3n) is 4.68. The number of thioether (sulfide) groups is 1. The molecular formula is C18H24N2O2S. The van der Waals surface area contributed by atoms with E-state index in [1.165, 1.54) is 11.1 Å². The van der Waals surface area contributed by atoms with Crippen LogP contribution in [-0.2, 0) is 16.0 Å². The van der Waals surface area contributed by atoms with E-state index in [0.717, 1.165) is 19.3 Å². The van der Waals surface area contributed by atoms with Gasteiger partial charge in [0.25, 0.3) is 0 Å². The molecule has 1 aromatic carbocycles. The Morgan fingerprint density at radius 1 is 1.30 bits per heavy atom. The summed E-state index contributed by atoms with van der Waals surface area (Å²) < 4.78 is -0.448. The highest BCUT2D eigenvalue weighted by Crippen LogP contribution is 2.39.